The van der Waals surface area contributed by atoms with E-state index in [0.29, 0.717) is 12.1 Å². The van der Waals surface area contributed by atoms with Gasteiger partial charge in [-0.2, -0.15) is 0 Å². The summed E-state index contributed by atoms with van der Waals surface area (Å²) < 4.78 is 13.2. The van der Waals surface area contributed by atoms with Gasteiger partial charge in [-0.1, -0.05) is 79.7 Å². The minimum absolute atomic E-state index is 0.00887. The molecule has 1 aliphatic heterocycles. The lowest BCUT2D eigenvalue weighted by Gasteiger charge is -2.42. The first-order valence-electron chi connectivity index (χ1n) is 14.5. The minimum atomic E-state index is -0.536. The van der Waals surface area contributed by atoms with Crippen LogP contribution in [0.2, 0.25) is 0 Å². The van der Waals surface area contributed by atoms with Crippen LogP contribution in [0.3, 0.4) is 0 Å². The van der Waals surface area contributed by atoms with Gasteiger partial charge in [-0.3, -0.25) is 9.78 Å². The topological polar surface area (TPSA) is 83.9 Å². The van der Waals surface area contributed by atoms with E-state index in [1.165, 1.54) is 0 Å². The molecule has 0 spiro atoms. The van der Waals surface area contributed by atoms with Crippen LogP contribution in [0, 0.1) is 5.92 Å². The summed E-state index contributed by atoms with van der Waals surface area (Å²) in [4.78, 5) is 19.2. The second-order valence-electron chi connectivity index (χ2n) is 10.9. The van der Waals surface area contributed by atoms with Crippen LogP contribution in [0.25, 0.3) is 0 Å². The van der Waals surface area contributed by atoms with E-state index in [2.05, 4.69) is 35.2 Å². The van der Waals surface area contributed by atoms with Gasteiger partial charge in [-0.25, -0.2) is 0 Å². The molecular formula is C35H39N3O4. The van der Waals surface area contributed by atoms with E-state index in [4.69, 9.17) is 9.47 Å². The van der Waals surface area contributed by atoms with Crippen molar-refractivity contribution in [1.82, 2.24) is 15.2 Å². The first kappa shape index (κ1) is 29.6. The zero-order chi connectivity index (χ0) is 29.3. The molecule has 1 saturated heterocycles. The number of ether oxygens (including phenoxy) is 2. The molecule has 0 aliphatic carbocycles. The van der Waals surface area contributed by atoms with Gasteiger partial charge in [-0.15, -0.1) is 0 Å². The number of pyridine rings is 1. The van der Waals surface area contributed by atoms with E-state index in [9.17, 15) is 9.90 Å². The minimum Gasteiger partial charge on any atom is -0.392 e. The summed E-state index contributed by atoms with van der Waals surface area (Å²) in [6.45, 7) is 4.24. The fourth-order valence-electron chi connectivity index (χ4n) is 5.24. The number of nitrogens with zero attached hydrogens (tertiary/aromatic N) is 2. The molecule has 1 fully saturated rings. The zero-order valence-corrected chi connectivity index (χ0v) is 24.2. The number of benzene rings is 3. The van der Waals surface area contributed by atoms with Crippen LogP contribution in [0.15, 0.2) is 103 Å². The van der Waals surface area contributed by atoms with Gasteiger partial charge in [0.2, 0.25) is 0 Å². The highest BCUT2D eigenvalue weighted by Gasteiger charge is 2.38. The Morgan fingerprint density at radius 1 is 0.881 bits per heavy atom. The molecule has 1 amide bonds. The number of aromatic nitrogens is 1. The van der Waals surface area contributed by atoms with Gasteiger partial charge in [0.25, 0.3) is 5.91 Å². The zero-order valence-electron chi connectivity index (χ0n) is 24.2. The monoisotopic (exact) mass is 565 g/mol. The van der Waals surface area contributed by atoms with Crippen molar-refractivity contribution in [2.75, 3.05) is 20.1 Å². The first-order chi connectivity index (χ1) is 20.5. The molecule has 2 N–H and O–H groups in total. The summed E-state index contributed by atoms with van der Waals surface area (Å²) in [7, 11) is 2.12. The molecule has 3 aromatic carbocycles. The van der Waals surface area contributed by atoms with Gasteiger partial charge in [0, 0.05) is 55.0 Å². The van der Waals surface area contributed by atoms with Crippen molar-refractivity contribution in [3.05, 3.63) is 137 Å². The Labute approximate surface area is 248 Å². The average Bonchev–Trinajstić information content (AvgIpc) is 3.05. The molecule has 4 aromatic rings. The Morgan fingerprint density at radius 3 is 2.26 bits per heavy atom. The highest BCUT2D eigenvalue weighted by Crippen LogP contribution is 2.41. The molecule has 1 aromatic heterocycles. The number of likely N-dealkylation sites (N-methyl/N-ethyl adjacent to an activating group) is 1. The molecule has 218 valence electrons. The molecule has 5 rings (SSSR count). The summed E-state index contributed by atoms with van der Waals surface area (Å²) >= 11 is 0. The number of aliphatic hydroxyl groups is 1. The van der Waals surface area contributed by atoms with Crippen LogP contribution < -0.4 is 5.32 Å². The number of carbonyl (C=O) groups excluding carboxylic acids is 1. The average molecular weight is 566 g/mol. The third-order valence-corrected chi connectivity index (χ3v) is 7.83. The number of rotatable bonds is 11. The summed E-state index contributed by atoms with van der Waals surface area (Å²) in [5.41, 5.74) is 5.57. The Hall–Kier alpha value is -3.88. The quantitative estimate of drug-likeness (QED) is 0.251. The lowest BCUT2D eigenvalue weighted by atomic mass is 9.90. The van der Waals surface area contributed by atoms with Crippen molar-refractivity contribution in [3.8, 4) is 0 Å². The number of hydrogen-bond acceptors (Lipinski definition) is 6. The third-order valence-electron chi connectivity index (χ3n) is 7.83. The molecular weight excluding hydrogens is 526 g/mol. The molecule has 42 heavy (non-hydrogen) atoms. The standard InChI is InChI=1S/C35H39N3O4/c1-25-32(23-38(2)21-19-31-10-6-7-20-36-31)41-35(42-33(25)28-15-13-27(24-39)14-16-28)30-17-11-26(12-18-30)22-37-34(40)29-8-4-3-5-9-29/h3-18,20,25,32-33,35,39H,19,21-24H2,1-2H3,(H,37,40). The van der Waals surface area contributed by atoms with Crippen LogP contribution in [-0.4, -0.2) is 47.1 Å². The van der Waals surface area contributed by atoms with Crippen LogP contribution in [0.5, 0.6) is 0 Å². The number of aliphatic hydroxyl groups excluding tert-OH is 1. The second-order valence-corrected chi connectivity index (χ2v) is 10.9. The lowest BCUT2D eigenvalue weighted by Crippen LogP contribution is -2.43. The van der Waals surface area contributed by atoms with E-state index in [1.54, 1.807) is 12.1 Å². The molecule has 1 aliphatic rings. The van der Waals surface area contributed by atoms with E-state index in [-0.39, 0.29) is 30.6 Å². The Kier molecular flexibility index (Phi) is 10.1. The molecule has 4 atom stereocenters. The summed E-state index contributed by atoms with van der Waals surface area (Å²) in [5, 5.41) is 12.5. The predicted molar refractivity (Wildman–Crippen MR) is 162 cm³/mol. The maximum Gasteiger partial charge on any atom is 0.251 e. The number of amides is 1. The van der Waals surface area contributed by atoms with Crippen LogP contribution in [-0.2, 0) is 29.0 Å². The fourth-order valence-corrected chi connectivity index (χ4v) is 5.24. The van der Waals surface area contributed by atoms with Crippen molar-refractivity contribution in [2.24, 2.45) is 5.92 Å². The number of nitrogens with one attached hydrogen (secondary N) is 1. The lowest BCUT2D eigenvalue weighted by molar-refractivity contribution is -0.275. The second kappa shape index (κ2) is 14.3. The van der Waals surface area contributed by atoms with Crippen molar-refractivity contribution in [2.45, 2.75) is 45.0 Å². The van der Waals surface area contributed by atoms with Gasteiger partial charge >= 0.3 is 0 Å². The summed E-state index contributed by atoms with van der Waals surface area (Å²) in [6, 6.07) is 31.2. The predicted octanol–water partition coefficient (Wildman–Crippen LogP) is 5.47. The van der Waals surface area contributed by atoms with Crippen LogP contribution in [0.1, 0.15) is 57.6 Å². The Morgan fingerprint density at radius 2 is 1.57 bits per heavy atom. The van der Waals surface area contributed by atoms with Crippen LogP contribution in [0.4, 0.5) is 0 Å². The van der Waals surface area contributed by atoms with E-state index < -0.39 is 6.29 Å². The summed E-state index contributed by atoms with van der Waals surface area (Å²) in [5.74, 6) is 0.00340. The van der Waals surface area contributed by atoms with Gasteiger partial charge < -0.3 is 24.8 Å². The maximum absolute atomic E-state index is 12.5. The van der Waals surface area contributed by atoms with Gasteiger partial charge in [-0.05, 0) is 48.0 Å². The molecule has 7 heteroatoms. The van der Waals surface area contributed by atoms with Crippen molar-refractivity contribution >= 4 is 5.91 Å². The SMILES string of the molecule is CC1C(CN(C)CCc2ccccn2)OC(c2ccc(CNC(=O)c3ccccc3)cc2)OC1c1ccc(CO)cc1. The van der Waals surface area contributed by atoms with Crippen LogP contribution >= 0.6 is 0 Å². The van der Waals surface area contributed by atoms with Gasteiger partial charge in [0.15, 0.2) is 6.29 Å². The molecule has 0 bridgehead atoms. The first-order valence-corrected chi connectivity index (χ1v) is 14.5. The molecule has 2 heterocycles. The number of carbonyl (C=O) groups is 1. The van der Waals surface area contributed by atoms with E-state index in [1.807, 2.05) is 85.1 Å². The van der Waals surface area contributed by atoms with Gasteiger partial charge in [0.05, 0.1) is 18.8 Å². The maximum atomic E-state index is 12.5. The molecule has 4 unspecified atom stereocenters. The molecule has 7 nitrogen and oxygen atoms in total. The smallest absolute Gasteiger partial charge is 0.251 e. The highest BCUT2D eigenvalue weighted by molar-refractivity contribution is 5.94. The highest BCUT2D eigenvalue weighted by atomic mass is 16.7. The Balaban J connectivity index is 1.28. The molecule has 0 radical (unpaired) electrons. The number of hydrogen-bond donors (Lipinski definition) is 2. The van der Waals surface area contributed by atoms with Crippen molar-refractivity contribution < 1.29 is 19.4 Å². The van der Waals surface area contributed by atoms with Crippen molar-refractivity contribution in [3.63, 3.8) is 0 Å². The normalized spacial score (nSPS) is 20.4. The Bertz CT molecular complexity index is 1400. The van der Waals surface area contributed by atoms with Gasteiger partial charge in [0.1, 0.15) is 0 Å². The largest absolute Gasteiger partial charge is 0.392 e. The van der Waals surface area contributed by atoms with Crippen molar-refractivity contribution in [1.29, 1.82) is 0 Å². The van der Waals surface area contributed by atoms with E-state index >= 15 is 0 Å². The third kappa shape index (κ3) is 7.69. The summed E-state index contributed by atoms with van der Waals surface area (Å²) in [6.07, 6.45) is 1.93. The molecule has 0 saturated carbocycles. The van der Waals surface area contributed by atoms with E-state index in [0.717, 1.165) is 47.5 Å². The fraction of sp³-hybridized carbons (Fsp3) is 0.314.